The summed E-state index contributed by atoms with van der Waals surface area (Å²) in [4.78, 5) is 11.6. The predicted octanol–water partition coefficient (Wildman–Crippen LogP) is 5.76. The highest BCUT2D eigenvalue weighted by Gasteiger charge is 2.76. The van der Waals surface area contributed by atoms with E-state index in [1.165, 1.54) is 23.5 Å². The number of rotatable bonds is 3. The molecule has 0 saturated heterocycles. The third-order valence-corrected chi connectivity index (χ3v) is 4.88. The molecule has 150 valence electrons. The summed E-state index contributed by atoms with van der Waals surface area (Å²) >= 11 is 0. The van der Waals surface area contributed by atoms with Crippen LogP contribution in [0.1, 0.15) is 25.0 Å². The lowest BCUT2D eigenvalue weighted by molar-refractivity contribution is -0.343. The molecule has 1 aliphatic rings. The molecule has 0 unspecified atom stereocenters. The van der Waals surface area contributed by atoms with Gasteiger partial charge in [0, 0.05) is 11.1 Å². The van der Waals surface area contributed by atoms with Crippen molar-refractivity contribution in [1.82, 2.24) is 0 Å². The molecule has 28 heavy (non-hydrogen) atoms. The van der Waals surface area contributed by atoms with Crippen LogP contribution < -0.4 is 5.32 Å². The molecule has 2 nitrogen and oxygen atoms in total. The second-order valence-electron chi connectivity index (χ2n) is 7.03. The van der Waals surface area contributed by atoms with Crippen molar-refractivity contribution in [2.75, 3.05) is 5.32 Å². The number of amides is 1. The van der Waals surface area contributed by atoms with Crippen LogP contribution >= 0.6 is 0 Å². The van der Waals surface area contributed by atoms with E-state index in [0.29, 0.717) is 5.56 Å². The number of fused-ring (bicyclic) bond motifs is 3. The zero-order valence-corrected chi connectivity index (χ0v) is 14.6. The molecule has 9 heteroatoms. The summed E-state index contributed by atoms with van der Waals surface area (Å²) in [5.74, 6) is -15.2. The first-order valence-electron chi connectivity index (χ1n) is 8.09. The summed E-state index contributed by atoms with van der Waals surface area (Å²) in [5, 5.41) is 1.48. The third-order valence-electron chi connectivity index (χ3n) is 4.88. The van der Waals surface area contributed by atoms with Crippen molar-refractivity contribution in [2.45, 2.75) is 37.3 Å². The average Bonchev–Trinajstić information content (AvgIpc) is 2.81. The first-order chi connectivity index (χ1) is 12.7. The summed E-state index contributed by atoms with van der Waals surface area (Å²) in [6, 6.07) is 11.2. The van der Waals surface area contributed by atoms with Crippen molar-refractivity contribution in [1.29, 1.82) is 0 Å². The summed E-state index contributed by atoms with van der Waals surface area (Å²) in [6.45, 7) is 3.85. The number of halogens is 7. The van der Waals surface area contributed by atoms with Gasteiger partial charge in [-0.15, -0.1) is 0 Å². The Hall–Kier alpha value is -2.58. The van der Waals surface area contributed by atoms with E-state index in [-0.39, 0.29) is 5.69 Å². The highest BCUT2D eigenvalue weighted by molar-refractivity contribution is 5.98. The van der Waals surface area contributed by atoms with Crippen molar-refractivity contribution in [3.63, 3.8) is 0 Å². The van der Waals surface area contributed by atoms with E-state index < -0.39 is 29.3 Å². The Morgan fingerprint density at radius 1 is 0.857 bits per heavy atom. The van der Waals surface area contributed by atoms with Crippen molar-refractivity contribution in [2.24, 2.45) is 0 Å². The number of nitrogens with one attached hydrogen (secondary N) is 1. The summed E-state index contributed by atoms with van der Waals surface area (Å²) in [5.41, 5.74) is 2.33. The molecule has 0 spiro atoms. The molecular weight excluding hydrogens is 391 g/mol. The zero-order chi connectivity index (χ0) is 21.1. The van der Waals surface area contributed by atoms with Gasteiger partial charge >= 0.3 is 23.9 Å². The molecule has 0 radical (unpaired) electrons. The number of carbonyl (C=O) groups excluding carboxylic acids is 1. The maximum absolute atomic E-state index is 13.5. The van der Waals surface area contributed by atoms with E-state index in [1.54, 1.807) is 12.1 Å². The molecule has 2 aromatic carbocycles. The fraction of sp³-hybridized carbons (Fsp3) is 0.316. The van der Waals surface area contributed by atoms with Crippen molar-refractivity contribution in [3.8, 4) is 11.1 Å². The highest BCUT2D eigenvalue weighted by atomic mass is 19.4. The Morgan fingerprint density at radius 2 is 1.43 bits per heavy atom. The van der Waals surface area contributed by atoms with Gasteiger partial charge in [0.25, 0.3) is 0 Å². The van der Waals surface area contributed by atoms with Crippen LogP contribution in [0.15, 0.2) is 42.5 Å². The number of anilines is 1. The van der Waals surface area contributed by atoms with Crippen molar-refractivity contribution < 1.29 is 35.5 Å². The molecule has 1 aliphatic carbocycles. The molecular formula is C19H14F7NO. The summed E-state index contributed by atoms with van der Waals surface area (Å²) in [7, 11) is 0. The topological polar surface area (TPSA) is 29.1 Å². The monoisotopic (exact) mass is 405 g/mol. The molecule has 0 heterocycles. The quantitative estimate of drug-likeness (QED) is 0.646. The highest BCUT2D eigenvalue weighted by Crippen LogP contribution is 2.50. The predicted molar refractivity (Wildman–Crippen MR) is 88.6 cm³/mol. The van der Waals surface area contributed by atoms with Crippen LogP contribution in [0.5, 0.6) is 0 Å². The minimum Gasteiger partial charge on any atom is -0.321 e. The largest absolute Gasteiger partial charge is 0.460 e. The van der Waals surface area contributed by atoms with Crippen LogP contribution in [-0.2, 0) is 10.2 Å². The van der Waals surface area contributed by atoms with E-state index in [1.807, 2.05) is 26.0 Å². The van der Waals surface area contributed by atoms with E-state index in [2.05, 4.69) is 0 Å². The molecule has 0 atom stereocenters. The van der Waals surface area contributed by atoms with E-state index in [4.69, 9.17) is 0 Å². The summed E-state index contributed by atoms with van der Waals surface area (Å²) < 4.78 is 89.9. The van der Waals surface area contributed by atoms with Gasteiger partial charge in [-0.25, -0.2) is 0 Å². The summed E-state index contributed by atoms with van der Waals surface area (Å²) in [6.07, 6.45) is -6.57. The SMILES string of the molecule is CC1(C)c2ccccc2-c2cc(NC(=O)C(F)(F)C(F)(F)C(F)(F)F)ccc21. The van der Waals surface area contributed by atoms with E-state index in [0.717, 1.165) is 16.7 Å². The maximum atomic E-state index is 13.5. The Kier molecular flexibility index (Phi) is 4.29. The van der Waals surface area contributed by atoms with Crippen molar-refractivity contribution in [3.05, 3.63) is 53.6 Å². The Balaban J connectivity index is 1.96. The Labute approximate surface area is 155 Å². The lowest BCUT2D eigenvalue weighted by atomic mass is 9.82. The van der Waals surface area contributed by atoms with Gasteiger partial charge in [-0.2, -0.15) is 30.7 Å². The molecule has 0 saturated carbocycles. The van der Waals surface area contributed by atoms with E-state index in [9.17, 15) is 35.5 Å². The number of hydrogen-bond acceptors (Lipinski definition) is 1. The number of hydrogen-bond donors (Lipinski definition) is 1. The van der Waals surface area contributed by atoms with Crippen LogP contribution in [0, 0.1) is 0 Å². The third kappa shape index (κ3) is 2.75. The first kappa shape index (κ1) is 20.2. The molecule has 2 aromatic rings. The Morgan fingerprint density at radius 3 is 2.04 bits per heavy atom. The first-order valence-corrected chi connectivity index (χ1v) is 8.09. The average molecular weight is 405 g/mol. The minimum absolute atomic E-state index is 0.311. The van der Waals surface area contributed by atoms with Crippen molar-refractivity contribution >= 4 is 11.6 Å². The second-order valence-corrected chi connectivity index (χ2v) is 7.03. The van der Waals surface area contributed by atoms with Gasteiger partial charge in [0.05, 0.1) is 0 Å². The van der Waals surface area contributed by atoms with Gasteiger partial charge < -0.3 is 5.32 Å². The molecule has 0 bridgehead atoms. The van der Waals surface area contributed by atoms with Gasteiger partial charge in [0.15, 0.2) is 0 Å². The van der Waals surface area contributed by atoms with Crippen LogP contribution in [0.2, 0.25) is 0 Å². The van der Waals surface area contributed by atoms with Crippen LogP contribution in [0.25, 0.3) is 11.1 Å². The van der Waals surface area contributed by atoms with Crippen LogP contribution in [0.3, 0.4) is 0 Å². The molecule has 1 amide bonds. The number of alkyl halides is 7. The van der Waals surface area contributed by atoms with Crippen LogP contribution in [-0.4, -0.2) is 23.9 Å². The standard InChI is InChI=1S/C19H14F7NO/c1-16(2)13-6-4-3-5-11(13)12-9-10(7-8-14(12)16)27-15(28)17(20,21)18(22,23)19(24,25)26/h3-9H,1-2H3,(H,27,28). The number of benzene rings is 2. The lowest BCUT2D eigenvalue weighted by Gasteiger charge is -2.27. The van der Waals surface area contributed by atoms with Gasteiger partial charge in [0.1, 0.15) is 0 Å². The minimum atomic E-state index is -6.57. The Bertz CT molecular complexity index is 948. The van der Waals surface area contributed by atoms with Gasteiger partial charge in [0.2, 0.25) is 0 Å². The normalized spacial score (nSPS) is 15.8. The molecule has 3 rings (SSSR count). The van der Waals surface area contributed by atoms with E-state index >= 15 is 0 Å². The smallest absolute Gasteiger partial charge is 0.321 e. The molecule has 0 fully saturated rings. The number of carbonyl (C=O) groups is 1. The second kappa shape index (κ2) is 5.96. The van der Waals surface area contributed by atoms with Crippen LogP contribution in [0.4, 0.5) is 36.4 Å². The zero-order valence-electron chi connectivity index (χ0n) is 14.6. The fourth-order valence-corrected chi connectivity index (χ4v) is 3.33. The molecule has 1 N–H and O–H groups in total. The molecule has 0 aliphatic heterocycles. The lowest BCUT2D eigenvalue weighted by Crippen LogP contribution is -2.57. The van der Waals surface area contributed by atoms with Gasteiger partial charge in [-0.05, 0) is 34.4 Å². The molecule has 0 aromatic heterocycles. The van der Waals surface area contributed by atoms with Gasteiger partial charge in [-0.1, -0.05) is 44.2 Å². The van der Waals surface area contributed by atoms with Gasteiger partial charge in [-0.3, -0.25) is 4.79 Å². The maximum Gasteiger partial charge on any atom is 0.460 e. The fourth-order valence-electron chi connectivity index (χ4n) is 3.33.